The molecule has 0 spiro atoms. The summed E-state index contributed by atoms with van der Waals surface area (Å²) in [5, 5.41) is 13.7. The zero-order valence-corrected chi connectivity index (χ0v) is 16.0. The van der Waals surface area contributed by atoms with Gasteiger partial charge in [0.1, 0.15) is 5.82 Å². The van der Waals surface area contributed by atoms with Crippen LogP contribution in [0.5, 0.6) is 0 Å². The van der Waals surface area contributed by atoms with Crippen LogP contribution in [0.1, 0.15) is 21.6 Å². The quantitative estimate of drug-likeness (QED) is 0.311. The highest BCUT2D eigenvalue weighted by Crippen LogP contribution is 2.27. The molecule has 2 aromatic carbocycles. The molecule has 1 aromatic heterocycles. The fourth-order valence-electron chi connectivity index (χ4n) is 2.41. The van der Waals surface area contributed by atoms with Crippen molar-refractivity contribution in [1.82, 2.24) is 9.97 Å². The maximum atomic E-state index is 11.4. The van der Waals surface area contributed by atoms with Crippen LogP contribution in [0.25, 0.3) is 0 Å². The number of benzene rings is 2. The summed E-state index contributed by atoms with van der Waals surface area (Å²) in [6, 6.07) is 14.0. The number of nitrogens with two attached hydrogens (primary N) is 1. The van der Waals surface area contributed by atoms with E-state index in [1.54, 1.807) is 18.2 Å². The molecule has 0 saturated carbocycles. The molecular weight excluding hydrogens is 384 g/mol. The van der Waals surface area contributed by atoms with Crippen molar-refractivity contribution in [2.24, 2.45) is 0 Å². The van der Waals surface area contributed by atoms with Gasteiger partial charge in [0.25, 0.3) is 0 Å². The number of nitrogen functional groups attached to an aromatic ring is 1. The van der Waals surface area contributed by atoms with Crippen molar-refractivity contribution in [3.8, 4) is 0 Å². The van der Waals surface area contributed by atoms with E-state index in [0.29, 0.717) is 33.1 Å². The number of hydrogen-bond donors (Lipinski definition) is 3. The summed E-state index contributed by atoms with van der Waals surface area (Å²) in [7, 11) is 0. The maximum Gasteiger partial charge on any atom is 0.337 e. The summed E-state index contributed by atoms with van der Waals surface area (Å²) in [6.07, 6.45) is 0. The Morgan fingerprint density at radius 3 is 2.74 bits per heavy atom. The van der Waals surface area contributed by atoms with Crippen LogP contribution >= 0.6 is 23.4 Å². The van der Waals surface area contributed by atoms with E-state index in [1.807, 2.05) is 31.2 Å². The van der Waals surface area contributed by atoms with E-state index in [0.717, 1.165) is 11.3 Å². The minimum atomic E-state index is -1.07. The summed E-state index contributed by atoms with van der Waals surface area (Å²) < 4.78 is 0. The van der Waals surface area contributed by atoms with Gasteiger partial charge >= 0.3 is 5.97 Å². The smallest absolute Gasteiger partial charge is 0.337 e. The Labute approximate surface area is 165 Å². The number of carbonyl (C=O) groups is 1. The fraction of sp³-hybridized carbons (Fsp3) is 0.105. The highest BCUT2D eigenvalue weighted by atomic mass is 35.5. The molecule has 0 aliphatic rings. The highest BCUT2D eigenvalue weighted by Gasteiger charge is 2.12. The molecule has 0 fully saturated rings. The molecule has 138 valence electrons. The molecule has 27 heavy (non-hydrogen) atoms. The first kappa shape index (κ1) is 19.0. The van der Waals surface area contributed by atoms with Crippen LogP contribution in [0, 0.1) is 6.92 Å². The van der Waals surface area contributed by atoms with Crippen LogP contribution in [0.15, 0.2) is 53.7 Å². The Morgan fingerprint density at radius 2 is 2.00 bits per heavy atom. The summed E-state index contributed by atoms with van der Waals surface area (Å²) in [6.45, 7) is 1.85. The van der Waals surface area contributed by atoms with Crippen molar-refractivity contribution in [3.05, 3.63) is 70.4 Å². The Balaban J connectivity index is 1.82. The number of aryl methyl sites for hydroxylation is 1. The molecule has 6 nitrogen and oxygen atoms in total. The summed E-state index contributed by atoms with van der Waals surface area (Å²) in [4.78, 5) is 20.3. The van der Waals surface area contributed by atoms with Gasteiger partial charge in [0.2, 0.25) is 0 Å². The molecule has 8 heteroatoms. The lowest BCUT2D eigenvalue weighted by Crippen LogP contribution is -2.05. The second-order valence-corrected chi connectivity index (χ2v) is 7.14. The first-order valence-electron chi connectivity index (χ1n) is 8.04. The van der Waals surface area contributed by atoms with E-state index in [1.165, 1.54) is 17.8 Å². The van der Waals surface area contributed by atoms with Crippen LogP contribution in [-0.2, 0) is 5.75 Å². The molecular formula is C19H17ClN4O2S. The van der Waals surface area contributed by atoms with E-state index < -0.39 is 5.97 Å². The number of nitrogens with zero attached hydrogens (tertiary/aromatic N) is 2. The van der Waals surface area contributed by atoms with Gasteiger partial charge in [-0.3, -0.25) is 0 Å². The normalized spacial score (nSPS) is 10.6. The third-order valence-electron chi connectivity index (χ3n) is 3.69. The number of carboxylic acid groups (broad SMARTS) is 1. The van der Waals surface area contributed by atoms with Gasteiger partial charge < -0.3 is 16.2 Å². The van der Waals surface area contributed by atoms with Gasteiger partial charge in [-0.15, -0.1) is 0 Å². The molecule has 0 aliphatic carbocycles. The average molecular weight is 401 g/mol. The second kappa shape index (κ2) is 8.28. The van der Waals surface area contributed by atoms with Crippen LogP contribution in [-0.4, -0.2) is 21.0 Å². The third-order valence-corrected chi connectivity index (χ3v) is 4.95. The van der Waals surface area contributed by atoms with Crippen LogP contribution in [0.4, 0.5) is 17.2 Å². The zero-order chi connectivity index (χ0) is 19.4. The number of aromatic carboxylic acids is 1. The fourth-order valence-corrected chi connectivity index (χ4v) is 3.60. The first-order valence-corrected chi connectivity index (χ1v) is 9.40. The molecule has 0 saturated heterocycles. The number of hydrogen-bond acceptors (Lipinski definition) is 6. The van der Waals surface area contributed by atoms with Gasteiger partial charge in [-0.2, -0.15) is 0 Å². The Morgan fingerprint density at radius 1 is 1.22 bits per heavy atom. The van der Waals surface area contributed by atoms with Gasteiger partial charge in [0, 0.05) is 28.2 Å². The number of aromatic nitrogens is 2. The van der Waals surface area contributed by atoms with E-state index in [9.17, 15) is 9.90 Å². The number of nitrogens with one attached hydrogen (secondary N) is 1. The van der Waals surface area contributed by atoms with Crippen LogP contribution in [0.3, 0.4) is 0 Å². The van der Waals surface area contributed by atoms with Gasteiger partial charge in [0.15, 0.2) is 5.16 Å². The molecule has 1 heterocycles. The monoisotopic (exact) mass is 400 g/mol. The molecule has 0 unspecified atom stereocenters. The van der Waals surface area contributed by atoms with Gasteiger partial charge in [-0.1, -0.05) is 41.6 Å². The van der Waals surface area contributed by atoms with E-state index in [4.69, 9.17) is 17.3 Å². The highest BCUT2D eigenvalue weighted by molar-refractivity contribution is 7.98. The van der Waals surface area contributed by atoms with Crippen molar-refractivity contribution >= 4 is 46.5 Å². The van der Waals surface area contributed by atoms with E-state index in [-0.39, 0.29) is 5.56 Å². The molecule has 0 amide bonds. The van der Waals surface area contributed by atoms with Crippen LogP contribution in [0.2, 0.25) is 5.02 Å². The van der Waals surface area contributed by atoms with Crippen LogP contribution < -0.4 is 11.1 Å². The lowest BCUT2D eigenvalue weighted by atomic mass is 10.1. The molecule has 3 rings (SSSR count). The minimum Gasteiger partial charge on any atom is -0.478 e. The predicted molar refractivity (Wildman–Crippen MR) is 109 cm³/mol. The molecule has 3 aromatic rings. The number of anilines is 3. The SMILES string of the molecule is Cc1cc(Nc2ccc(N)cc2C(=O)O)nc(SCc2ccccc2Cl)n1. The Bertz CT molecular complexity index is 997. The van der Waals surface area contributed by atoms with Crippen molar-refractivity contribution in [2.75, 3.05) is 11.1 Å². The van der Waals surface area contributed by atoms with Crippen molar-refractivity contribution < 1.29 is 9.90 Å². The number of rotatable bonds is 6. The van der Waals surface area contributed by atoms with Crippen molar-refractivity contribution in [3.63, 3.8) is 0 Å². The minimum absolute atomic E-state index is 0.0801. The van der Waals surface area contributed by atoms with Gasteiger partial charge in [-0.05, 0) is 36.8 Å². The van der Waals surface area contributed by atoms with Gasteiger partial charge in [-0.25, -0.2) is 14.8 Å². The molecule has 4 N–H and O–H groups in total. The summed E-state index contributed by atoms with van der Waals surface area (Å²) >= 11 is 7.64. The Kier molecular flexibility index (Phi) is 5.83. The second-order valence-electron chi connectivity index (χ2n) is 5.79. The molecule has 0 radical (unpaired) electrons. The maximum absolute atomic E-state index is 11.4. The van der Waals surface area contributed by atoms with Gasteiger partial charge in [0.05, 0.1) is 11.3 Å². The first-order chi connectivity index (χ1) is 12.9. The van der Waals surface area contributed by atoms with Crippen molar-refractivity contribution in [1.29, 1.82) is 0 Å². The standard InChI is InChI=1S/C19H17ClN4O2S/c1-11-8-17(23-16-7-6-13(21)9-14(16)18(25)26)24-19(22-11)27-10-12-4-2-3-5-15(12)20/h2-9H,10,21H2,1H3,(H,25,26)(H,22,23,24). The topological polar surface area (TPSA) is 101 Å². The van der Waals surface area contributed by atoms with E-state index >= 15 is 0 Å². The average Bonchev–Trinajstić information content (AvgIpc) is 2.62. The molecule has 0 aliphatic heterocycles. The lowest BCUT2D eigenvalue weighted by molar-refractivity contribution is 0.0698. The molecule has 0 bridgehead atoms. The number of carboxylic acids is 1. The Hall–Kier alpha value is -2.77. The zero-order valence-electron chi connectivity index (χ0n) is 14.4. The third kappa shape index (κ3) is 4.90. The summed E-state index contributed by atoms with van der Waals surface area (Å²) in [5.41, 5.74) is 8.32. The molecule has 0 atom stereocenters. The lowest BCUT2D eigenvalue weighted by Gasteiger charge is -2.11. The summed E-state index contributed by atoms with van der Waals surface area (Å²) in [5.74, 6) is 0.0745. The number of halogens is 1. The largest absolute Gasteiger partial charge is 0.478 e. The van der Waals surface area contributed by atoms with E-state index in [2.05, 4.69) is 15.3 Å². The predicted octanol–water partition coefficient (Wildman–Crippen LogP) is 4.75. The van der Waals surface area contributed by atoms with Crippen molar-refractivity contribution in [2.45, 2.75) is 17.8 Å². The number of thioether (sulfide) groups is 1.